The Hall–Kier alpha value is -2.88. The van der Waals surface area contributed by atoms with Gasteiger partial charge in [-0.05, 0) is 31.2 Å². The van der Waals surface area contributed by atoms with E-state index in [0.29, 0.717) is 12.0 Å². The Labute approximate surface area is 190 Å². The molecule has 0 unspecified atom stereocenters. The van der Waals surface area contributed by atoms with Crippen LogP contribution in [0.5, 0.6) is 0 Å². The average molecular weight is 467 g/mol. The number of nitrogens with zero attached hydrogens (tertiary/aromatic N) is 3. The van der Waals surface area contributed by atoms with Crippen LogP contribution in [-0.2, 0) is 24.3 Å². The number of aromatic nitrogens is 1. The first-order chi connectivity index (χ1) is 15.4. The highest BCUT2D eigenvalue weighted by molar-refractivity contribution is 5.89. The number of fused-ring (bicyclic) bond motifs is 1. The molecule has 2 heterocycles. The van der Waals surface area contributed by atoms with Crippen LogP contribution in [0.4, 0.5) is 13.2 Å². The van der Waals surface area contributed by atoms with E-state index in [1.54, 1.807) is 4.90 Å². The Morgan fingerprint density at radius 2 is 1.85 bits per heavy atom. The number of amides is 1. The lowest BCUT2D eigenvalue weighted by Gasteiger charge is -2.38. The minimum Gasteiger partial charge on any atom is -0.475 e. The Kier molecular flexibility index (Phi) is 7.46. The number of rotatable bonds is 4. The van der Waals surface area contributed by atoms with E-state index in [1.165, 1.54) is 11.1 Å². The molecule has 4 rings (SSSR count). The third-order valence-electron chi connectivity index (χ3n) is 5.98. The smallest absolute Gasteiger partial charge is 0.475 e. The van der Waals surface area contributed by atoms with Crippen molar-refractivity contribution < 1.29 is 32.3 Å². The van der Waals surface area contributed by atoms with Gasteiger partial charge in [0, 0.05) is 39.1 Å². The van der Waals surface area contributed by atoms with E-state index in [9.17, 15) is 18.0 Å². The molecule has 180 valence electrons. The van der Waals surface area contributed by atoms with Gasteiger partial charge in [-0.3, -0.25) is 9.69 Å². The molecule has 1 saturated carbocycles. The summed E-state index contributed by atoms with van der Waals surface area (Å²) in [4.78, 5) is 30.3. The van der Waals surface area contributed by atoms with E-state index in [-0.39, 0.29) is 11.8 Å². The summed E-state index contributed by atoms with van der Waals surface area (Å²) in [5.74, 6) is -0.990. The fourth-order valence-corrected chi connectivity index (χ4v) is 3.92. The van der Waals surface area contributed by atoms with Crippen molar-refractivity contribution in [2.75, 3.05) is 13.6 Å². The van der Waals surface area contributed by atoms with Crippen molar-refractivity contribution in [3.63, 3.8) is 0 Å². The summed E-state index contributed by atoms with van der Waals surface area (Å²) in [6.45, 7) is 6.90. The molecule has 1 N–H and O–H groups in total. The van der Waals surface area contributed by atoms with Gasteiger partial charge in [-0.25, -0.2) is 9.78 Å². The molecule has 10 heteroatoms. The average Bonchev–Trinajstić information content (AvgIpc) is 3.15. The van der Waals surface area contributed by atoms with Crippen LogP contribution in [0.15, 0.2) is 28.7 Å². The molecule has 0 spiro atoms. The van der Waals surface area contributed by atoms with Gasteiger partial charge in [0.05, 0.1) is 5.69 Å². The molecular formula is C23H28F3N3O4. The molecule has 7 nitrogen and oxygen atoms in total. The van der Waals surface area contributed by atoms with Gasteiger partial charge in [0.2, 0.25) is 0 Å². The number of halogens is 3. The molecule has 2 aromatic rings. The zero-order valence-electron chi connectivity index (χ0n) is 18.9. The van der Waals surface area contributed by atoms with Crippen molar-refractivity contribution >= 4 is 11.9 Å². The van der Waals surface area contributed by atoms with Crippen LogP contribution in [0.3, 0.4) is 0 Å². The van der Waals surface area contributed by atoms with E-state index in [0.717, 1.165) is 50.4 Å². The van der Waals surface area contributed by atoms with E-state index in [2.05, 4.69) is 48.0 Å². The summed E-state index contributed by atoms with van der Waals surface area (Å²) in [5.41, 5.74) is 3.50. The van der Waals surface area contributed by atoms with Crippen molar-refractivity contribution in [2.24, 2.45) is 5.92 Å². The van der Waals surface area contributed by atoms with Gasteiger partial charge in [-0.15, -0.1) is 0 Å². The number of oxazole rings is 1. The second-order valence-electron chi connectivity index (χ2n) is 8.78. The number of hydrogen-bond acceptors (Lipinski definition) is 5. The molecule has 0 saturated heterocycles. The molecule has 1 aromatic heterocycles. The predicted molar refractivity (Wildman–Crippen MR) is 113 cm³/mol. The number of carboxylic acid groups (broad SMARTS) is 1. The minimum atomic E-state index is -5.08. The number of benzene rings is 1. The lowest BCUT2D eigenvalue weighted by molar-refractivity contribution is -0.192. The van der Waals surface area contributed by atoms with Crippen LogP contribution < -0.4 is 0 Å². The standard InChI is InChI=1S/C21H27N3O2.C2HF3O2/c1-14-4-6-16(7-5-14)12-24-9-8-19-18(13-24)22-20(26-19)21(25)23(3)17-10-15(2)11-17;3-2(4,5)1(6)7/h4-7,15,17H,8-13H2,1-3H3;(H,6,7). The predicted octanol–water partition coefficient (Wildman–Crippen LogP) is 4.05. The first-order valence-corrected chi connectivity index (χ1v) is 10.8. The molecule has 1 fully saturated rings. The maximum atomic E-state index is 12.7. The quantitative estimate of drug-likeness (QED) is 0.730. The summed E-state index contributed by atoms with van der Waals surface area (Å²) in [5, 5.41) is 7.12. The van der Waals surface area contributed by atoms with Crippen molar-refractivity contribution in [1.29, 1.82) is 0 Å². The molecule has 0 bridgehead atoms. The number of alkyl halides is 3. The summed E-state index contributed by atoms with van der Waals surface area (Å²) in [7, 11) is 1.87. The summed E-state index contributed by atoms with van der Waals surface area (Å²) in [6, 6.07) is 8.98. The fourth-order valence-electron chi connectivity index (χ4n) is 3.92. The second-order valence-corrected chi connectivity index (χ2v) is 8.78. The molecule has 2 aliphatic rings. The van der Waals surface area contributed by atoms with Crippen molar-refractivity contribution in [2.45, 2.75) is 58.4 Å². The lowest BCUT2D eigenvalue weighted by atomic mass is 9.81. The van der Waals surface area contributed by atoms with Crippen LogP contribution in [0.2, 0.25) is 0 Å². The Morgan fingerprint density at radius 1 is 1.24 bits per heavy atom. The van der Waals surface area contributed by atoms with Crippen molar-refractivity contribution in [1.82, 2.24) is 14.8 Å². The Morgan fingerprint density at radius 3 is 2.39 bits per heavy atom. The third-order valence-corrected chi connectivity index (χ3v) is 5.98. The topological polar surface area (TPSA) is 86.9 Å². The van der Waals surface area contributed by atoms with Gasteiger partial charge >= 0.3 is 18.1 Å². The van der Waals surface area contributed by atoms with Crippen molar-refractivity contribution in [3.8, 4) is 0 Å². The Balaban J connectivity index is 0.000000383. The monoisotopic (exact) mass is 467 g/mol. The normalized spacial score (nSPS) is 20.2. The maximum absolute atomic E-state index is 12.7. The molecule has 0 radical (unpaired) electrons. The fraction of sp³-hybridized carbons (Fsp3) is 0.522. The maximum Gasteiger partial charge on any atom is 0.490 e. The van der Waals surface area contributed by atoms with E-state index in [4.69, 9.17) is 14.3 Å². The third kappa shape index (κ3) is 6.34. The van der Waals surface area contributed by atoms with E-state index < -0.39 is 12.1 Å². The van der Waals surface area contributed by atoms with Gasteiger partial charge in [0.15, 0.2) is 0 Å². The van der Waals surface area contributed by atoms with E-state index in [1.807, 2.05) is 7.05 Å². The number of aliphatic carboxylic acids is 1. The first kappa shape index (κ1) is 24.8. The highest BCUT2D eigenvalue weighted by Crippen LogP contribution is 2.31. The number of carboxylic acids is 1. The molecule has 33 heavy (non-hydrogen) atoms. The highest BCUT2D eigenvalue weighted by atomic mass is 19.4. The van der Waals surface area contributed by atoms with Crippen LogP contribution in [0.25, 0.3) is 0 Å². The largest absolute Gasteiger partial charge is 0.490 e. The van der Waals surface area contributed by atoms with Gasteiger partial charge in [0.1, 0.15) is 5.76 Å². The zero-order valence-corrected chi connectivity index (χ0v) is 18.9. The molecular weight excluding hydrogens is 439 g/mol. The van der Waals surface area contributed by atoms with Crippen LogP contribution in [0, 0.1) is 12.8 Å². The first-order valence-electron chi connectivity index (χ1n) is 10.8. The summed E-state index contributed by atoms with van der Waals surface area (Å²) >= 11 is 0. The zero-order chi connectivity index (χ0) is 24.3. The second kappa shape index (κ2) is 9.94. The number of aryl methyl sites for hydroxylation is 1. The number of hydrogen-bond donors (Lipinski definition) is 1. The molecule has 1 aliphatic heterocycles. The molecule has 1 aromatic carbocycles. The summed E-state index contributed by atoms with van der Waals surface area (Å²) in [6.07, 6.45) is -2.12. The number of carbonyl (C=O) groups is 2. The van der Waals surface area contributed by atoms with Crippen molar-refractivity contribution in [3.05, 3.63) is 52.7 Å². The van der Waals surface area contributed by atoms with Crippen LogP contribution >= 0.6 is 0 Å². The highest BCUT2D eigenvalue weighted by Gasteiger charge is 2.38. The van der Waals surface area contributed by atoms with Gasteiger partial charge < -0.3 is 14.4 Å². The number of carbonyl (C=O) groups excluding carboxylic acids is 1. The van der Waals surface area contributed by atoms with Gasteiger partial charge in [-0.2, -0.15) is 13.2 Å². The van der Waals surface area contributed by atoms with Gasteiger partial charge in [0.25, 0.3) is 5.89 Å². The SMILES string of the molecule is Cc1ccc(CN2CCc3oc(C(=O)N(C)C4CC(C)C4)nc3C2)cc1.O=C(O)C(F)(F)F. The lowest BCUT2D eigenvalue weighted by Crippen LogP contribution is -2.44. The summed E-state index contributed by atoms with van der Waals surface area (Å²) < 4.78 is 37.6. The van der Waals surface area contributed by atoms with Gasteiger partial charge in [-0.1, -0.05) is 36.8 Å². The molecule has 0 atom stereocenters. The molecule has 1 aliphatic carbocycles. The minimum absolute atomic E-state index is 0.0821. The molecule has 1 amide bonds. The van der Waals surface area contributed by atoms with Crippen LogP contribution in [0.1, 0.15) is 53.0 Å². The Bertz CT molecular complexity index is 982. The van der Waals surface area contributed by atoms with E-state index >= 15 is 0 Å². The van der Waals surface area contributed by atoms with Crippen LogP contribution in [-0.4, -0.2) is 57.6 Å².